The van der Waals surface area contributed by atoms with Crippen LogP contribution in [0.5, 0.6) is 0 Å². The predicted molar refractivity (Wildman–Crippen MR) is 63.1 cm³/mol. The Morgan fingerprint density at radius 1 is 1.11 bits per heavy atom. The molecule has 0 aromatic heterocycles. The molecular formula is C12H16O7. The van der Waals surface area contributed by atoms with Crippen LogP contribution in [0.15, 0.2) is 22.9 Å². The minimum Gasteiger partial charge on any atom is -0.504 e. The summed E-state index contributed by atoms with van der Waals surface area (Å²) in [6, 6.07) is 0. The molecule has 0 spiro atoms. The first-order valence-corrected chi connectivity index (χ1v) is 5.33. The number of carbonyl (C=O) groups is 2. The highest BCUT2D eigenvalue weighted by Crippen LogP contribution is 2.37. The Hall–Kier alpha value is -1.86. The number of methoxy groups -OCH3 is 4. The van der Waals surface area contributed by atoms with Gasteiger partial charge in [0.15, 0.2) is 11.5 Å². The van der Waals surface area contributed by atoms with Crippen molar-refractivity contribution in [2.45, 2.75) is 12.7 Å². The highest BCUT2D eigenvalue weighted by molar-refractivity contribution is 6.24. The summed E-state index contributed by atoms with van der Waals surface area (Å²) in [4.78, 5) is 23.9. The van der Waals surface area contributed by atoms with Crippen molar-refractivity contribution in [1.82, 2.24) is 0 Å². The highest BCUT2D eigenvalue weighted by atomic mass is 16.7. The maximum atomic E-state index is 12.3. The number of ether oxygens (including phenoxy) is 4. The molecule has 0 saturated carbocycles. The maximum Gasteiger partial charge on any atom is 0.297 e. The lowest BCUT2D eigenvalue weighted by Gasteiger charge is -2.34. The smallest absolute Gasteiger partial charge is 0.297 e. The molecule has 1 aliphatic rings. The minimum atomic E-state index is -1.95. The summed E-state index contributed by atoms with van der Waals surface area (Å²) in [5.41, 5.74) is -0.457. The Morgan fingerprint density at radius 2 is 1.63 bits per heavy atom. The van der Waals surface area contributed by atoms with Gasteiger partial charge in [0.1, 0.15) is 5.57 Å². The van der Waals surface area contributed by atoms with Crippen molar-refractivity contribution < 1.29 is 33.6 Å². The van der Waals surface area contributed by atoms with Gasteiger partial charge in [0.25, 0.3) is 5.79 Å². The SMILES string of the molecule is COC1=C(OC)C(OC)(OC)C(=O)C(C(C)=O)=C1O. The summed E-state index contributed by atoms with van der Waals surface area (Å²) < 4.78 is 20.2. The van der Waals surface area contributed by atoms with Gasteiger partial charge in [-0.2, -0.15) is 0 Å². The number of ketones is 2. The van der Waals surface area contributed by atoms with E-state index in [0.717, 1.165) is 6.92 Å². The summed E-state index contributed by atoms with van der Waals surface area (Å²) in [6.07, 6.45) is 0. The predicted octanol–water partition coefficient (Wildman–Crippen LogP) is 0.464. The fraction of sp³-hybridized carbons (Fsp3) is 0.500. The lowest BCUT2D eigenvalue weighted by molar-refractivity contribution is -0.203. The average molecular weight is 272 g/mol. The van der Waals surface area contributed by atoms with Crippen molar-refractivity contribution in [2.24, 2.45) is 0 Å². The van der Waals surface area contributed by atoms with Crippen LogP contribution in [-0.2, 0) is 28.5 Å². The van der Waals surface area contributed by atoms with Crippen molar-refractivity contribution in [1.29, 1.82) is 0 Å². The van der Waals surface area contributed by atoms with Gasteiger partial charge in [-0.25, -0.2) is 0 Å². The van der Waals surface area contributed by atoms with Crippen molar-refractivity contribution >= 4 is 11.6 Å². The minimum absolute atomic E-state index is 0.160. The molecule has 0 atom stereocenters. The fourth-order valence-electron chi connectivity index (χ4n) is 1.94. The molecule has 1 N–H and O–H groups in total. The lowest BCUT2D eigenvalue weighted by atomic mass is 9.91. The van der Waals surface area contributed by atoms with E-state index in [2.05, 4.69) is 0 Å². The molecule has 1 aliphatic carbocycles. The molecule has 0 bridgehead atoms. The number of hydrogen-bond acceptors (Lipinski definition) is 7. The van der Waals surface area contributed by atoms with Crippen LogP contribution in [0.1, 0.15) is 6.92 Å². The van der Waals surface area contributed by atoms with E-state index in [1.807, 2.05) is 0 Å². The number of carbonyl (C=O) groups excluding carboxylic acids is 2. The number of Topliss-reactive ketones (excluding diaryl/α,β-unsaturated/α-hetero) is 2. The van der Waals surface area contributed by atoms with Crippen molar-refractivity contribution in [3.63, 3.8) is 0 Å². The summed E-state index contributed by atoms with van der Waals surface area (Å²) >= 11 is 0. The molecule has 1 rings (SSSR count). The second-order valence-electron chi connectivity index (χ2n) is 3.70. The largest absolute Gasteiger partial charge is 0.504 e. The van der Waals surface area contributed by atoms with E-state index in [1.54, 1.807) is 0 Å². The summed E-state index contributed by atoms with van der Waals surface area (Å²) in [7, 11) is 4.95. The molecule has 0 saturated heterocycles. The summed E-state index contributed by atoms with van der Waals surface area (Å²) in [5.74, 6) is -4.37. The van der Waals surface area contributed by atoms with E-state index < -0.39 is 28.7 Å². The van der Waals surface area contributed by atoms with Crippen molar-refractivity contribution in [2.75, 3.05) is 28.4 Å². The topological polar surface area (TPSA) is 91.3 Å². The van der Waals surface area contributed by atoms with Gasteiger partial charge in [-0.1, -0.05) is 0 Å². The van der Waals surface area contributed by atoms with Gasteiger partial charge in [-0.05, 0) is 6.92 Å². The quantitative estimate of drug-likeness (QED) is 0.574. The van der Waals surface area contributed by atoms with Gasteiger partial charge in [0.2, 0.25) is 17.3 Å². The van der Waals surface area contributed by atoms with Crippen LogP contribution >= 0.6 is 0 Å². The Balaban J connectivity index is 3.69. The molecule has 0 aliphatic heterocycles. The third-order valence-corrected chi connectivity index (χ3v) is 2.82. The lowest BCUT2D eigenvalue weighted by Crippen LogP contribution is -2.50. The van der Waals surface area contributed by atoms with Crippen LogP contribution in [0.25, 0.3) is 0 Å². The third-order valence-electron chi connectivity index (χ3n) is 2.82. The Morgan fingerprint density at radius 3 is 1.95 bits per heavy atom. The maximum absolute atomic E-state index is 12.3. The first kappa shape index (κ1) is 15.2. The van der Waals surface area contributed by atoms with Crippen LogP contribution < -0.4 is 0 Å². The number of rotatable bonds is 5. The van der Waals surface area contributed by atoms with Crippen molar-refractivity contribution in [3.05, 3.63) is 22.9 Å². The average Bonchev–Trinajstić information content (AvgIpc) is 2.38. The second-order valence-corrected chi connectivity index (χ2v) is 3.70. The van der Waals surface area contributed by atoms with Gasteiger partial charge >= 0.3 is 0 Å². The van der Waals surface area contributed by atoms with E-state index in [1.165, 1.54) is 28.4 Å². The summed E-state index contributed by atoms with van der Waals surface area (Å²) in [5, 5.41) is 9.96. The normalized spacial score (nSPS) is 18.7. The van der Waals surface area contributed by atoms with Crippen LogP contribution in [0.2, 0.25) is 0 Å². The van der Waals surface area contributed by atoms with Gasteiger partial charge in [-0.3, -0.25) is 9.59 Å². The van der Waals surface area contributed by atoms with Crippen molar-refractivity contribution in [3.8, 4) is 0 Å². The number of aliphatic hydroxyl groups excluding tert-OH is 1. The number of hydrogen-bond donors (Lipinski definition) is 1. The second kappa shape index (κ2) is 5.41. The van der Waals surface area contributed by atoms with E-state index >= 15 is 0 Å². The van der Waals surface area contributed by atoms with Crippen LogP contribution in [0.4, 0.5) is 0 Å². The Labute approximate surface area is 110 Å². The van der Waals surface area contributed by atoms with Crippen LogP contribution in [0, 0.1) is 0 Å². The molecule has 106 valence electrons. The highest BCUT2D eigenvalue weighted by Gasteiger charge is 2.54. The van der Waals surface area contributed by atoms with E-state index in [0.29, 0.717) is 0 Å². The molecule has 0 aromatic rings. The van der Waals surface area contributed by atoms with E-state index in [9.17, 15) is 14.7 Å². The molecular weight excluding hydrogens is 256 g/mol. The first-order valence-electron chi connectivity index (χ1n) is 5.33. The standard InChI is InChI=1S/C12H16O7/c1-6(13)7-8(14)9(16-2)11(17-3)12(18-4,19-5)10(7)15/h14H,1-5H3. The molecule has 7 heteroatoms. The molecule has 0 amide bonds. The molecule has 19 heavy (non-hydrogen) atoms. The van der Waals surface area contributed by atoms with Crippen LogP contribution in [-0.4, -0.2) is 50.9 Å². The zero-order valence-electron chi connectivity index (χ0n) is 11.4. The van der Waals surface area contributed by atoms with Gasteiger partial charge in [0.05, 0.1) is 14.2 Å². The zero-order chi connectivity index (χ0) is 14.8. The van der Waals surface area contributed by atoms with Gasteiger partial charge in [0, 0.05) is 14.2 Å². The monoisotopic (exact) mass is 272 g/mol. The zero-order valence-corrected chi connectivity index (χ0v) is 11.4. The third kappa shape index (κ3) is 2.00. The molecule has 0 aromatic carbocycles. The summed E-state index contributed by atoms with van der Waals surface area (Å²) in [6.45, 7) is 1.14. The van der Waals surface area contributed by atoms with Crippen LogP contribution in [0.3, 0.4) is 0 Å². The molecule has 0 fully saturated rings. The van der Waals surface area contributed by atoms with Gasteiger partial charge in [-0.15, -0.1) is 0 Å². The molecule has 0 unspecified atom stereocenters. The van der Waals surface area contributed by atoms with E-state index in [4.69, 9.17) is 18.9 Å². The first-order chi connectivity index (χ1) is 8.91. The molecule has 7 nitrogen and oxygen atoms in total. The number of aliphatic hydroxyl groups is 1. The molecule has 0 heterocycles. The van der Waals surface area contributed by atoms with Gasteiger partial charge < -0.3 is 24.1 Å². The fourth-order valence-corrected chi connectivity index (χ4v) is 1.94. The molecule has 0 radical (unpaired) electrons. The Kier molecular flexibility index (Phi) is 4.33. The Bertz CT molecular complexity index is 468. The van der Waals surface area contributed by atoms with E-state index in [-0.39, 0.29) is 11.5 Å².